The van der Waals surface area contributed by atoms with Gasteiger partial charge in [-0.15, -0.1) is 0 Å². The molecule has 1 fully saturated rings. The van der Waals surface area contributed by atoms with Gasteiger partial charge in [0, 0.05) is 13.5 Å². The maximum atomic E-state index is 12.2. The molecule has 0 unspecified atom stereocenters. The second-order valence-corrected chi connectivity index (χ2v) is 8.56. The van der Waals surface area contributed by atoms with Crippen LogP contribution in [0.25, 0.3) is 6.08 Å². The summed E-state index contributed by atoms with van der Waals surface area (Å²) in [6, 6.07) is 11.0. The number of hydrogen-bond donors (Lipinski definition) is 0. The number of hydrogen-bond acceptors (Lipinski definition) is 7. The van der Waals surface area contributed by atoms with Gasteiger partial charge in [-0.3, -0.25) is 9.69 Å². The molecule has 1 amide bonds. The van der Waals surface area contributed by atoms with Gasteiger partial charge in [-0.1, -0.05) is 47.7 Å². The molecule has 1 aliphatic heterocycles. The molecule has 1 aliphatic rings. The summed E-state index contributed by atoms with van der Waals surface area (Å²) in [7, 11) is 4.80. The van der Waals surface area contributed by atoms with Gasteiger partial charge in [0.05, 0.1) is 37.4 Å². The van der Waals surface area contributed by atoms with Gasteiger partial charge in [0.15, 0.2) is 23.0 Å². The molecule has 164 valence electrons. The lowest BCUT2D eigenvalue weighted by Gasteiger charge is -2.14. The summed E-state index contributed by atoms with van der Waals surface area (Å²) in [5.41, 5.74) is 0.725. The quantitative estimate of drug-likeness (QED) is 0.284. The number of para-hydroxylation sites is 2. The van der Waals surface area contributed by atoms with Crippen LogP contribution in [0, 0.1) is 0 Å². The van der Waals surface area contributed by atoms with Gasteiger partial charge >= 0.3 is 0 Å². The zero-order valence-electron chi connectivity index (χ0n) is 17.3. The molecule has 0 radical (unpaired) electrons. The standard InChI is InChI=1S/C22H22ClNO5S2/c1-24-21(25)19(31-22(24)30)13-14-11-15(23)20(18(12-14)27-3)29-10-6-9-28-17-8-5-4-7-16(17)26-2/h4-5,7-8,11-13H,6,9-10H2,1-3H3/b19-13+. The van der Waals surface area contributed by atoms with Crippen molar-refractivity contribution in [3.8, 4) is 23.0 Å². The molecule has 31 heavy (non-hydrogen) atoms. The highest BCUT2D eigenvalue weighted by molar-refractivity contribution is 8.26. The van der Waals surface area contributed by atoms with Crippen LogP contribution in [0.1, 0.15) is 12.0 Å². The van der Waals surface area contributed by atoms with Crippen LogP contribution in [0.5, 0.6) is 23.0 Å². The summed E-state index contributed by atoms with van der Waals surface area (Å²) in [6.07, 6.45) is 2.38. The van der Waals surface area contributed by atoms with Gasteiger partial charge in [-0.2, -0.15) is 0 Å². The number of likely N-dealkylation sites (N-methyl/N-ethyl adjacent to an activating group) is 1. The van der Waals surface area contributed by atoms with Crippen molar-refractivity contribution in [1.29, 1.82) is 0 Å². The predicted octanol–water partition coefficient (Wildman–Crippen LogP) is 5.04. The van der Waals surface area contributed by atoms with E-state index in [1.807, 2.05) is 24.3 Å². The first-order valence-electron chi connectivity index (χ1n) is 9.42. The molecule has 6 nitrogen and oxygen atoms in total. The minimum atomic E-state index is -0.138. The van der Waals surface area contributed by atoms with Crippen LogP contribution < -0.4 is 18.9 Å². The molecule has 3 rings (SSSR count). The maximum absolute atomic E-state index is 12.2. The van der Waals surface area contributed by atoms with E-state index in [0.29, 0.717) is 56.9 Å². The molecule has 2 aromatic rings. The number of rotatable bonds is 9. The lowest BCUT2D eigenvalue weighted by Crippen LogP contribution is -2.22. The molecule has 0 saturated carbocycles. The number of thioether (sulfide) groups is 1. The average Bonchev–Trinajstić information content (AvgIpc) is 3.01. The molecule has 0 aliphatic carbocycles. The third kappa shape index (κ3) is 5.64. The van der Waals surface area contributed by atoms with Gasteiger partial charge in [0.2, 0.25) is 0 Å². The molecule has 0 atom stereocenters. The Kier molecular flexibility index (Phi) is 8.06. The number of ether oxygens (including phenoxy) is 4. The number of methoxy groups -OCH3 is 2. The molecule has 0 spiro atoms. The Balaban J connectivity index is 1.62. The largest absolute Gasteiger partial charge is 0.493 e. The topological polar surface area (TPSA) is 57.2 Å². The number of amides is 1. The van der Waals surface area contributed by atoms with E-state index >= 15 is 0 Å². The summed E-state index contributed by atoms with van der Waals surface area (Å²) < 4.78 is 22.8. The third-order valence-corrected chi connectivity index (χ3v) is 6.16. The number of halogens is 1. The Morgan fingerprint density at radius 3 is 2.39 bits per heavy atom. The van der Waals surface area contributed by atoms with E-state index in [9.17, 15) is 4.79 Å². The number of thiocarbonyl (C=S) groups is 1. The second-order valence-electron chi connectivity index (χ2n) is 6.48. The van der Waals surface area contributed by atoms with Gasteiger partial charge in [-0.25, -0.2) is 0 Å². The first-order valence-corrected chi connectivity index (χ1v) is 11.0. The van der Waals surface area contributed by atoms with E-state index in [1.54, 1.807) is 39.5 Å². The number of carbonyl (C=O) groups excluding carboxylic acids is 1. The Labute approximate surface area is 196 Å². The van der Waals surface area contributed by atoms with E-state index in [2.05, 4.69) is 0 Å². The summed E-state index contributed by atoms with van der Waals surface area (Å²) in [6.45, 7) is 0.844. The monoisotopic (exact) mass is 479 g/mol. The summed E-state index contributed by atoms with van der Waals surface area (Å²) in [5.74, 6) is 2.16. The van der Waals surface area contributed by atoms with E-state index in [1.165, 1.54) is 16.7 Å². The fourth-order valence-electron chi connectivity index (χ4n) is 2.81. The average molecular weight is 480 g/mol. The van der Waals surface area contributed by atoms with E-state index in [-0.39, 0.29) is 5.91 Å². The lowest BCUT2D eigenvalue weighted by atomic mass is 10.2. The molecular weight excluding hydrogens is 458 g/mol. The molecule has 0 bridgehead atoms. The fourth-order valence-corrected chi connectivity index (χ4v) is 4.27. The van der Waals surface area contributed by atoms with Gasteiger partial charge in [0.1, 0.15) is 4.32 Å². The van der Waals surface area contributed by atoms with Crippen LogP contribution >= 0.6 is 35.6 Å². The van der Waals surface area contributed by atoms with Crippen LogP contribution in [-0.4, -0.2) is 49.6 Å². The molecule has 1 heterocycles. The Bertz CT molecular complexity index is 1010. The van der Waals surface area contributed by atoms with Gasteiger partial charge in [-0.05, 0) is 35.9 Å². The van der Waals surface area contributed by atoms with Crippen LogP contribution in [-0.2, 0) is 4.79 Å². The highest BCUT2D eigenvalue weighted by Gasteiger charge is 2.28. The van der Waals surface area contributed by atoms with E-state index in [4.69, 9.17) is 42.8 Å². The van der Waals surface area contributed by atoms with E-state index < -0.39 is 0 Å². The minimum Gasteiger partial charge on any atom is -0.493 e. The molecular formula is C22H22ClNO5S2. The van der Waals surface area contributed by atoms with Crippen molar-refractivity contribution in [3.63, 3.8) is 0 Å². The first-order chi connectivity index (χ1) is 14.9. The van der Waals surface area contributed by atoms with Crippen LogP contribution in [0.2, 0.25) is 5.02 Å². The van der Waals surface area contributed by atoms with Crippen molar-refractivity contribution in [2.24, 2.45) is 0 Å². The summed E-state index contributed by atoms with van der Waals surface area (Å²) in [5, 5.41) is 0.392. The minimum absolute atomic E-state index is 0.138. The summed E-state index contributed by atoms with van der Waals surface area (Å²) >= 11 is 12.8. The predicted molar refractivity (Wildman–Crippen MR) is 128 cm³/mol. The Hall–Kier alpha value is -2.42. The molecule has 0 aromatic heterocycles. The van der Waals surface area contributed by atoms with Crippen LogP contribution in [0.15, 0.2) is 41.3 Å². The van der Waals surface area contributed by atoms with Crippen molar-refractivity contribution in [1.82, 2.24) is 4.90 Å². The smallest absolute Gasteiger partial charge is 0.265 e. The van der Waals surface area contributed by atoms with Crippen molar-refractivity contribution in [2.45, 2.75) is 6.42 Å². The Morgan fingerprint density at radius 1 is 1.06 bits per heavy atom. The fraction of sp³-hybridized carbons (Fsp3) is 0.273. The van der Waals surface area contributed by atoms with Gasteiger partial charge in [0.25, 0.3) is 5.91 Å². The molecule has 2 aromatic carbocycles. The van der Waals surface area contributed by atoms with Crippen molar-refractivity contribution in [3.05, 3.63) is 51.9 Å². The first kappa shape index (κ1) is 23.2. The zero-order chi connectivity index (χ0) is 22.4. The normalized spacial score (nSPS) is 14.8. The maximum Gasteiger partial charge on any atom is 0.265 e. The number of nitrogens with zero attached hydrogens (tertiary/aromatic N) is 1. The van der Waals surface area contributed by atoms with E-state index in [0.717, 1.165) is 5.56 Å². The molecule has 1 saturated heterocycles. The SMILES string of the molecule is COc1ccccc1OCCCOc1c(Cl)cc(/C=C2/SC(=S)N(C)C2=O)cc1OC. The van der Waals surface area contributed by atoms with Crippen molar-refractivity contribution in [2.75, 3.05) is 34.5 Å². The molecule has 0 N–H and O–H groups in total. The van der Waals surface area contributed by atoms with Crippen LogP contribution in [0.3, 0.4) is 0 Å². The van der Waals surface area contributed by atoms with Gasteiger partial charge < -0.3 is 18.9 Å². The number of carbonyl (C=O) groups is 1. The lowest BCUT2D eigenvalue weighted by molar-refractivity contribution is -0.121. The van der Waals surface area contributed by atoms with Crippen LogP contribution in [0.4, 0.5) is 0 Å². The molecule has 9 heteroatoms. The third-order valence-electron chi connectivity index (χ3n) is 4.40. The highest BCUT2D eigenvalue weighted by Crippen LogP contribution is 2.39. The number of benzene rings is 2. The summed E-state index contributed by atoms with van der Waals surface area (Å²) in [4.78, 5) is 14.2. The second kappa shape index (κ2) is 10.7. The van der Waals surface area contributed by atoms with Crippen molar-refractivity contribution >= 4 is 51.9 Å². The van der Waals surface area contributed by atoms with Crippen molar-refractivity contribution < 1.29 is 23.7 Å². The zero-order valence-corrected chi connectivity index (χ0v) is 19.7. The highest BCUT2D eigenvalue weighted by atomic mass is 35.5. The Morgan fingerprint density at radius 2 is 1.74 bits per heavy atom.